The van der Waals surface area contributed by atoms with E-state index >= 15 is 0 Å². The van der Waals surface area contributed by atoms with Gasteiger partial charge in [0.05, 0.1) is 6.20 Å². The average Bonchev–Trinajstić information content (AvgIpc) is 2.83. The Hall–Kier alpha value is -2.27. The van der Waals surface area contributed by atoms with Gasteiger partial charge in [0.25, 0.3) is 0 Å². The Balaban J connectivity index is 1.92. The molecule has 3 rings (SSSR count). The second-order valence-corrected chi connectivity index (χ2v) is 4.08. The molecule has 0 spiro atoms. The Morgan fingerprint density at radius 1 is 1.17 bits per heavy atom. The van der Waals surface area contributed by atoms with Crippen molar-refractivity contribution in [1.82, 2.24) is 20.4 Å². The van der Waals surface area contributed by atoms with E-state index in [1.807, 2.05) is 30.3 Å². The van der Waals surface area contributed by atoms with Crippen LogP contribution in [0.15, 0.2) is 53.9 Å². The van der Waals surface area contributed by atoms with E-state index in [2.05, 4.69) is 32.5 Å². The Bertz CT molecular complexity index is 552. The zero-order valence-corrected chi connectivity index (χ0v) is 9.99. The van der Waals surface area contributed by atoms with Gasteiger partial charge in [0, 0.05) is 19.4 Å². The maximum atomic E-state index is 4.64. The number of nitrogens with zero attached hydrogens (tertiary/aromatic N) is 4. The minimum atomic E-state index is -0.0248. The minimum absolute atomic E-state index is 0.0248. The summed E-state index contributed by atoms with van der Waals surface area (Å²) in [5.41, 5.74) is 5.10. The number of benzene rings is 1. The standard InChI is InChI=1S/C13H13N5/c1-18-13(10-5-3-2-4-6-10)16-12(17-18)11-9-14-7-8-15-11/h2-9,13H,1H3,(H,16,17). The molecule has 5 heteroatoms. The topological polar surface area (TPSA) is 53.4 Å². The number of aliphatic imine (C=N–C) groups is 1. The lowest BCUT2D eigenvalue weighted by molar-refractivity contribution is 0.243. The molecule has 0 fully saturated rings. The monoisotopic (exact) mass is 239 g/mol. The van der Waals surface area contributed by atoms with Crippen molar-refractivity contribution in [2.75, 3.05) is 7.05 Å². The van der Waals surface area contributed by atoms with Gasteiger partial charge in [-0.05, 0) is 5.56 Å². The van der Waals surface area contributed by atoms with Crippen LogP contribution in [0, 0.1) is 0 Å². The van der Waals surface area contributed by atoms with Gasteiger partial charge in [0.15, 0.2) is 5.84 Å². The number of amidine groups is 1. The largest absolute Gasteiger partial charge is 0.299 e. The van der Waals surface area contributed by atoms with E-state index < -0.39 is 0 Å². The number of hydrogen-bond donors (Lipinski definition) is 1. The summed E-state index contributed by atoms with van der Waals surface area (Å²) >= 11 is 0. The SMILES string of the molecule is CN1NC(c2cnccn2)=NC1c1ccccc1. The summed E-state index contributed by atoms with van der Waals surface area (Å²) in [6.45, 7) is 0. The van der Waals surface area contributed by atoms with Crippen molar-refractivity contribution in [2.24, 2.45) is 4.99 Å². The first kappa shape index (κ1) is 10.9. The van der Waals surface area contributed by atoms with E-state index in [1.165, 1.54) is 0 Å². The third-order valence-corrected chi connectivity index (χ3v) is 2.80. The first-order valence-corrected chi connectivity index (χ1v) is 5.73. The minimum Gasteiger partial charge on any atom is -0.299 e. The van der Waals surface area contributed by atoms with Crippen LogP contribution in [-0.4, -0.2) is 27.9 Å². The van der Waals surface area contributed by atoms with Crippen LogP contribution in [-0.2, 0) is 0 Å². The molecule has 1 atom stereocenters. The first-order chi connectivity index (χ1) is 8.84. The fraction of sp³-hybridized carbons (Fsp3) is 0.154. The van der Waals surface area contributed by atoms with Gasteiger partial charge in [-0.1, -0.05) is 30.3 Å². The van der Waals surface area contributed by atoms with Crippen molar-refractivity contribution < 1.29 is 0 Å². The molecule has 0 amide bonds. The van der Waals surface area contributed by atoms with Crippen molar-refractivity contribution in [3.63, 3.8) is 0 Å². The third-order valence-electron chi connectivity index (χ3n) is 2.80. The number of aromatic nitrogens is 2. The molecule has 1 aromatic heterocycles. The molecule has 0 aliphatic carbocycles. The van der Waals surface area contributed by atoms with E-state index in [1.54, 1.807) is 18.6 Å². The van der Waals surface area contributed by atoms with Gasteiger partial charge >= 0.3 is 0 Å². The molecule has 0 saturated heterocycles. The molecule has 1 N–H and O–H groups in total. The molecule has 1 aromatic carbocycles. The van der Waals surface area contributed by atoms with E-state index in [9.17, 15) is 0 Å². The third kappa shape index (κ3) is 1.96. The Morgan fingerprint density at radius 3 is 2.72 bits per heavy atom. The van der Waals surface area contributed by atoms with Gasteiger partial charge in [-0.15, -0.1) is 0 Å². The maximum absolute atomic E-state index is 4.64. The molecule has 0 saturated carbocycles. The van der Waals surface area contributed by atoms with E-state index in [4.69, 9.17) is 0 Å². The van der Waals surface area contributed by atoms with Crippen LogP contribution in [0.1, 0.15) is 17.4 Å². The fourth-order valence-corrected chi connectivity index (χ4v) is 1.93. The lowest BCUT2D eigenvalue weighted by Gasteiger charge is -2.17. The van der Waals surface area contributed by atoms with Gasteiger partial charge in [-0.3, -0.25) is 10.4 Å². The second kappa shape index (κ2) is 4.54. The second-order valence-electron chi connectivity index (χ2n) is 4.08. The fourth-order valence-electron chi connectivity index (χ4n) is 1.93. The van der Waals surface area contributed by atoms with Crippen molar-refractivity contribution in [1.29, 1.82) is 0 Å². The summed E-state index contributed by atoms with van der Waals surface area (Å²) in [6, 6.07) is 10.1. The van der Waals surface area contributed by atoms with Gasteiger partial charge in [0.2, 0.25) is 0 Å². The first-order valence-electron chi connectivity index (χ1n) is 5.73. The summed E-state index contributed by atoms with van der Waals surface area (Å²) in [6.07, 6.45) is 4.99. The molecule has 18 heavy (non-hydrogen) atoms. The molecule has 2 aromatic rings. The van der Waals surface area contributed by atoms with Crippen LogP contribution in [0.5, 0.6) is 0 Å². The van der Waals surface area contributed by atoms with E-state index in [0.29, 0.717) is 0 Å². The highest BCUT2D eigenvalue weighted by Crippen LogP contribution is 2.23. The highest BCUT2D eigenvalue weighted by Gasteiger charge is 2.25. The Morgan fingerprint density at radius 2 is 2.00 bits per heavy atom. The molecule has 2 heterocycles. The van der Waals surface area contributed by atoms with E-state index in [0.717, 1.165) is 17.1 Å². The quantitative estimate of drug-likeness (QED) is 0.860. The highest BCUT2D eigenvalue weighted by atomic mass is 15.6. The van der Waals surface area contributed by atoms with Gasteiger partial charge < -0.3 is 0 Å². The summed E-state index contributed by atoms with van der Waals surface area (Å²) in [5.74, 6) is 0.749. The number of hydrogen-bond acceptors (Lipinski definition) is 5. The van der Waals surface area contributed by atoms with Crippen molar-refractivity contribution in [2.45, 2.75) is 6.17 Å². The normalized spacial score (nSPS) is 19.4. The number of nitrogens with one attached hydrogen (secondary N) is 1. The summed E-state index contributed by atoms with van der Waals surface area (Å²) < 4.78 is 0. The number of rotatable bonds is 2. The van der Waals surface area contributed by atoms with Crippen LogP contribution >= 0.6 is 0 Å². The molecule has 1 aliphatic rings. The lowest BCUT2D eigenvalue weighted by Crippen LogP contribution is -2.34. The van der Waals surface area contributed by atoms with Crippen LogP contribution in [0.3, 0.4) is 0 Å². The predicted molar refractivity (Wildman–Crippen MR) is 68.7 cm³/mol. The van der Waals surface area contributed by atoms with Gasteiger partial charge in [-0.25, -0.2) is 9.98 Å². The zero-order valence-electron chi connectivity index (χ0n) is 9.99. The van der Waals surface area contributed by atoms with Gasteiger partial charge in [-0.2, -0.15) is 5.01 Å². The Labute approximate surface area is 105 Å². The Kier molecular flexibility index (Phi) is 2.74. The van der Waals surface area contributed by atoms with Crippen molar-refractivity contribution >= 4 is 5.84 Å². The smallest absolute Gasteiger partial charge is 0.165 e. The van der Waals surface area contributed by atoms with Crippen LogP contribution < -0.4 is 5.43 Å². The zero-order chi connectivity index (χ0) is 12.4. The summed E-state index contributed by atoms with van der Waals surface area (Å²) in [4.78, 5) is 12.9. The number of hydrazine groups is 1. The van der Waals surface area contributed by atoms with Crippen molar-refractivity contribution in [3.05, 3.63) is 60.2 Å². The lowest BCUT2D eigenvalue weighted by atomic mass is 10.2. The molecule has 5 nitrogen and oxygen atoms in total. The van der Waals surface area contributed by atoms with Gasteiger partial charge in [0.1, 0.15) is 11.9 Å². The molecule has 90 valence electrons. The summed E-state index contributed by atoms with van der Waals surface area (Å²) in [5, 5.41) is 1.96. The molecule has 0 bridgehead atoms. The molecule has 1 unspecified atom stereocenters. The van der Waals surface area contributed by atoms with Crippen molar-refractivity contribution in [3.8, 4) is 0 Å². The van der Waals surface area contributed by atoms with Crippen LogP contribution in [0.4, 0.5) is 0 Å². The van der Waals surface area contributed by atoms with Crippen LogP contribution in [0.25, 0.3) is 0 Å². The highest BCUT2D eigenvalue weighted by molar-refractivity contribution is 5.97. The molecular formula is C13H13N5. The summed E-state index contributed by atoms with van der Waals surface area (Å²) in [7, 11) is 1.96. The molecule has 0 radical (unpaired) electrons. The maximum Gasteiger partial charge on any atom is 0.165 e. The molecular weight excluding hydrogens is 226 g/mol. The van der Waals surface area contributed by atoms with E-state index in [-0.39, 0.29) is 6.17 Å². The molecule has 1 aliphatic heterocycles. The average molecular weight is 239 g/mol. The van der Waals surface area contributed by atoms with Crippen LogP contribution in [0.2, 0.25) is 0 Å². The predicted octanol–water partition coefficient (Wildman–Crippen LogP) is 1.37.